The molecule has 0 spiro atoms. The van der Waals surface area contributed by atoms with Crippen molar-refractivity contribution in [2.75, 3.05) is 19.1 Å². The van der Waals surface area contributed by atoms with Gasteiger partial charge in [-0.1, -0.05) is 30.3 Å². The van der Waals surface area contributed by atoms with Crippen LogP contribution in [0.1, 0.15) is 16.1 Å². The first-order valence-corrected chi connectivity index (χ1v) is 5.86. The van der Waals surface area contributed by atoms with E-state index in [0.29, 0.717) is 12.4 Å². The first-order chi connectivity index (χ1) is 9.20. The normalized spacial score (nSPS) is 10.0. The predicted molar refractivity (Wildman–Crippen MR) is 71.9 cm³/mol. The Kier molecular flexibility index (Phi) is 4.07. The molecule has 1 heterocycles. The van der Waals surface area contributed by atoms with Crippen molar-refractivity contribution in [2.45, 2.75) is 6.54 Å². The first kappa shape index (κ1) is 13.0. The number of nitrogens with zero attached hydrogens (tertiary/aromatic N) is 3. The summed E-state index contributed by atoms with van der Waals surface area (Å²) in [6.45, 7) is 0.695. The second kappa shape index (κ2) is 5.95. The number of carbonyl (C=O) groups is 1. The number of benzene rings is 1. The molecule has 0 atom stereocenters. The van der Waals surface area contributed by atoms with Crippen LogP contribution >= 0.6 is 0 Å². The van der Waals surface area contributed by atoms with Crippen LogP contribution in [0.5, 0.6) is 0 Å². The fraction of sp³-hybridized carbons (Fsp3) is 0.214. The molecule has 0 aliphatic carbocycles. The Balaban J connectivity index is 2.15. The molecule has 0 N–H and O–H groups in total. The van der Waals surface area contributed by atoms with Gasteiger partial charge >= 0.3 is 5.97 Å². The number of ether oxygens (including phenoxy) is 1. The maximum atomic E-state index is 11.4. The third-order valence-corrected chi connectivity index (χ3v) is 2.67. The van der Waals surface area contributed by atoms with Crippen molar-refractivity contribution >= 4 is 11.8 Å². The smallest absolute Gasteiger partial charge is 0.358 e. The molecule has 0 aliphatic rings. The van der Waals surface area contributed by atoms with Gasteiger partial charge in [0.25, 0.3) is 0 Å². The van der Waals surface area contributed by atoms with E-state index in [-0.39, 0.29) is 5.69 Å². The van der Waals surface area contributed by atoms with Crippen LogP contribution in [-0.2, 0) is 11.3 Å². The number of esters is 1. The van der Waals surface area contributed by atoms with Gasteiger partial charge in [0.1, 0.15) is 5.82 Å². The van der Waals surface area contributed by atoms with Crippen LogP contribution in [0.2, 0.25) is 0 Å². The van der Waals surface area contributed by atoms with Crippen molar-refractivity contribution in [3.63, 3.8) is 0 Å². The molecule has 0 saturated heterocycles. The van der Waals surface area contributed by atoms with Gasteiger partial charge in [-0.15, -0.1) is 0 Å². The second-order valence-electron chi connectivity index (χ2n) is 4.10. The highest BCUT2D eigenvalue weighted by Gasteiger charge is 2.11. The van der Waals surface area contributed by atoms with E-state index in [1.807, 2.05) is 42.3 Å². The average molecular weight is 257 g/mol. The molecule has 0 unspecified atom stereocenters. The van der Waals surface area contributed by atoms with E-state index in [1.165, 1.54) is 13.3 Å². The monoisotopic (exact) mass is 257 g/mol. The van der Waals surface area contributed by atoms with E-state index >= 15 is 0 Å². The van der Waals surface area contributed by atoms with E-state index < -0.39 is 5.97 Å². The van der Waals surface area contributed by atoms with Gasteiger partial charge in [0.15, 0.2) is 5.69 Å². The highest BCUT2D eigenvalue weighted by Crippen LogP contribution is 2.12. The van der Waals surface area contributed by atoms with Crippen LogP contribution in [0, 0.1) is 0 Å². The second-order valence-corrected chi connectivity index (χ2v) is 4.10. The zero-order chi connectivity index (χ0) is 13.7. The van der Waals surface area contributed by atoms with Gasteiger partial charge in [-0.05, 0) is 5.56 Å². The summed E-state index contributed by atoms with van der Waals surface area (Å²) in [5, 5.41) is 0. The topological polar surface area (TPSA) is 55.3 Å². The maximum absolute atomic E-state index is 11.4. The Morgan fingerprint density at radius 2 is 2.00 bits per heavy atom. The molecule has 5 nitrogen and oxygen atoms in total. The summed E-state index contributed by atoms with van der Waals surface area (Å²) in [5.74, 6) is 0.147. The molecule has 1 aromatic heterocycles. The van der Waals surface area contributed by atoms with E-state index in [4.69, 9.17) is 0 Å². The summed E-state index contributed by atoms with van der Waals surface area (Å²) in [6.07, 6.45) is 3.01. The number of methoxy groups -OCH3 is 1. The van der Waals surface area contributed by atoms with Gasteiger partial charge in [-0.3, -0.25) is 4.98 Å². The van der Waals surface area contributed by atoms with E-state index in [0.717, 1.165) is 5.56 Å². The zero-order valence-corrected chi connectivity index (χ0v) is 10.9. The van der Waals surface area contributed by atoms with Crippen LogP contribution in [0.25, 0.3) is 0 Å². The summed E-state index contributed by atoms with van der Waals surface area (Å²) in [7, 11) is 3.22. The molecule has 2 aromatic rings. The van der Waals surface area contributed by atoms with Crippen molar-refractivity contribution in [3.05, 3.63) is 54.0 Å². The lowest BCUT2D eigenvalue weighted by atomic mass is 10.2. The largest absolute Gasteiger partial charge is 0.464 e. The molecule has 5 heteroatoms. The van der Waals surface area contributed by atoms with Crippen LogP contribution in [0.3, 0.4) is 0 Å². The van der Waals surface area contributed by atoms with Gasteiger partial charge in [0.05, 0.1) is 19.5 Å². The number of rotatable bonds is 4. The van der Waals surface area contributed by atoms with Crippen molar-refractivity contribution in [1.82, 2.24) is 9.97 Å². The summed E-state index contributed by atoms with van der Waals surface area (Å²) in [6, 6.07) is 10.0. The highest BCUT2D eigenvalue weighted by molar-refractivity contribution is 5.87. The molecular formula is C14H15N3O2. The predicted octanol–water partition coefficient (Wildman–Crippen LogP) is 1.90. The minimum Gasteiger partial charge on any atom is -0.464 e. The third kappa shape index (κ3) is 3.28. The van der Waals surface area contributed by atoms with Gasteiger partial charge in [0, 0.05) is 13.6 Å². The molecule has 19 heavy (non-hydrogen) atoms. The third-order valence-electron chi connectivity index (χ3n) is 2.67. The molecule has 0 aliphatic heterocycles. The van der Waals surface area contributed by atoms with Crippen molar-refractivity contribution in [2.24, 2.45) is 0 Å². The fourth-order valence-electron chi connectivity index (χ4n) is 1.68. The maximum Gasteiger partial charge on any atom is 0.358 e. The highest BCUT2D eigenvalue weighted by atomic mass is 16.5. The van der Waals surface area contributed by atoms with E-state index in [9.17, 15) is 4.79 Å². The lowest BCUT2D eigenvalue weighted by Gasteiger charge is -2.18. The number of carbonyl (C=O) groups excluding carboxylic acids is 1. The molecule has 1 aromatic carbocycles. The molecule has 0 radical (unpaired) electrons. The summed E-state index contributed by atoms with van der Waals surface area (Å²) in [4.78, 5) is 21.6. The Labute approximate surface area is 111 Å². The number of hydrogen-bond donors (Lipinski definition) is 0. The fourth-order valence-corrected chi connectivity index (χ4v) is 1.68. The summed E-state index contributed by atoms with van der Waals surface area (Å²) in [5.41, 5.74) is 1.37. The molecular weight excluding hydrogens is 242 g/mol. The molecule has 0 fully saturated rings. The van der Waals surface area contributed by atoms with Crippen LogP contribution in [0.4, 0.5) is 5.82 Å². The van der Waals surface area contributed by atoms with Crippen molar-refractivity contribution < 1.29 is 9.53 Å². The Morgan fingerprint density at radius 3 is 2.68 bits per heavy atom. The lowest BCUT2D eigenvalue weighted by molar-refractivity contribution is 0.0593. The minimum absolute atomic E-state index is 0.208. The van der Waals surface area contributed by atoms with Crippen LogP contribution in [-0.4, -0.2) is 30.1 Å². The molecule has 98 valence electrons. The lowest BCUT2D eigenvalue weighted by Crippen LogP contribution is -2.19. The summed E-state index contributed by atoms with van der Waals surface area (Å²) < 4.78 is 4.63. The van der Waals surface area contributed by atoms with Crippen LogP contribution in [0.15, 0.2) is 42.7 Å². The average Bonchev–Trinajstić information content (AvgIpc) is 2.47. The van der Waals surface area contributed by atoms with E-state index in [1.54, 1.807) is 6.20 Å². The molecule has 0 saturated carbocycles. The summed E-state index contributed by atoms with van der Waals surface area (Å²) >= 11 is 0. The van der Waals surface area contributed by atoms with Gasteiger partial charge in [0.2, 0.25) is 0 Å². The minimum atomic E-state index is -0.484. The quantitative estimate of drug-likeness (QED) is 0.783. The first-order valence-electron chi connectivity index (χ1n) is 5.86. The van der Waals surface area contributed by atoms with E-state index in [2.05, 4.69) is 14.7 Å². The van der Waals surface area contributed by atoms with Crippen molar-refractivity contribution in [1.29, 1.82) is 0 Å². The standard InChI is InChI=1S/C14H15N3O2/c1-17(10-11-6-4-3-5-7-11)13-9-15-8-12(16-13)14(18)19-2/h3-9H,10H2,1-2H3. The SMILES string of the molecule is COC(=O)c1cncc(N(C)Cc2ccccc2)n1. The van der Waals surface area contributed by atoms with Crippen LogP contribution < -0.4 is 4.90 Å². The van der Waals surface area contributed by atoms with Gasteiger partial charge < -0.3 is 9.64 Å². The number of anilines is 1. The van der Waals surface area contributed by atoms with Gasteiger partial charge in [-0.25, -0.2) is 9.78 Å². The number of hydrogen-bond acceptors (Lipinski definition) is 5. The molecule has 0 bridgehead atoms. The number of aromatic nitrogens is 2. The Hall–Kier alpha value is -2.43. The van der Waals surface area contributed by atoms with Crippen molar-refractivity contribution in [3.8, 4) is 0 Å². The molecule has 0 amide bonds. The Bertz CT molecular complexity index is 558. The zero-order valence-electron chi connectivity index (χ0n) is 10.9. The van der Waals surface area contributed by atoms with Gasteiger partial charge in [-0.2, -0.15) is 0 Å². The Morgan fingerprint density at radius 1 is 1.26 bits per heavy atom. The molecule has 2 rings (SSSR count).